The van der Waals surface area contributed by atoms with Gasteiger partial charge in [-0.3, -0.25) is 4.79 Å². The lowest BCUT2D eigenvalue weighted by atomic mass is 9.90. The van der Waals surface area contributed by atoms with Crippen LogP contribution in [0, 0.1) is 5.82 Å². The Kier molecular flexibility index (Phi) is 8.92. The summed E-state index contributed by atoms with van der Waals surface area (Å²) < 4.78 is 25.0. The highest BCUT2D eigenvalue weighted by atomic mass is 19.1. The number of carbonyl (C=O) groups excluding carboxylic acids is 1. The zero-order valence-electron chi connectivity index (χ0n) is 20.7. The Bertz CT molecular complexity index is 1340. The molecule has 0 unspecified atom stereocenters. The third kappa shape index (κ3) is 6.67. The molecular weight excluding hydrogens is 489 g/mol. The van der Waals surface area contributed by atoms with E-state index in [9.17, 15) is 9.18 Å². The minimum atomic E-state index is -1.30. The quantitative estimate of drug-likeness (QED) is 0.157. The number of nitrogens with zero attached hydrogens (tertiary/aromatic N) is 4. The van der Waals surface area contributed by atoms with Gasteiger partial charge in [-0.2, -0.15) is 0 Å². The number of hydrogen-bond acceptors (Lipinski definition) is 6. The molecule has 196 valence electrons. The van der Waals surface area contributed by atoms with Gasteiger partial charge in [-0.1, -0.05) is 41.5 Å². The maximum absolute atomic E-state index is 13.6. The average Bonchev–Trinajstić information content (AvgIpc) is 3.36. The number of hydrogen-bond donors (Lipinski definition) is 2. The molecule has 3 aromatic rings. The highest BCUT2D eigenvalue weighted by molar-refractivity contribution is 6.00. The number of ether oxygens (including phenoxy) is 2. The Hall–Kier alpha value is -4.40. The van der Waals surface area contributed by atoms with Crippen LogP contribution in [-0.2, 0) is 22.4 Å². The van der Waals surface area contributed by atoms with E-state index in [1.807, 2.05) is 0 Å². The lowest BCUT2D eigenvalue weighted by molar-refractivity contribution is -0.126. The van der Waals surface area contributed by atoms with Crippen LogP contribution < -0.4 is 10.1 Å². The van der Waals surface area contributed by atoms with Crippen LogP contribution in [0.5, 0.6) is 5.75 Å². The van der Waals surface area contributed by atoms with Crippen molar-refractivity contribution in [2.24, 2.45) is 10.1 Å². The first kappa shape index (κ1) is 26.7. The summed E-state index contributed by atoms with van der Waals surface area (Å²) in [5, 5.41) is 15.6. The fourth-order valence-electron chi connectivity index (χ4n) is 4.13. The lowest BCUT2D eigenvalue weighted by Crippen LogP contribution is -2.49. The number of carbonyl (C=O) groups is 1. The second-order valence-corrected chi connectivity index (χ2v) is 8.82. The Morgan fingerprint density at radius 1 is 1.18 bits per heavy atom. The molecule has 0 saturated heterocycles. The summed E-state index contributed by atoms with van der Waals surface area (Å²) >= 11 is 0. The van der Waals surface area contributed by atoms with Crippen molar-refractivity contribution in [1.82, 2.24) is 5.32 Å². The predicted molar refractivity (Wildman–Crippen MR) is 141 cm³/mol. The average molecular weight is 518 g/mol. The van der Waals surface area contributed by atoms with Crippen molar-refractivity contribution in [3.8, 4) is 5.75 Å². The zero-order chi connectivity index (χ0) is 26.8. The molecule has 9 nitrogen and oxygen atoms in total. The van der Waals surface area contributed by atoms with Crippen LogP contribution in [0.2, 0.25) is 0 Å². The summed E-state index contributed by atoms with van der Waals surface area (Å²) in [6.07, 6.45) is 1.13. The summed E-state index contributed by atoms with van der Waals surface area (Å²) in [6, 6.07) is 20.4. The molecule has 1 atom stereocenters. The third-order valence-corrected chi connectivity index (χ3v) is 6.07. The normalized spacial score (nSPS) is 16.2. The highest BCUT2D eigenvalue weighted by Crippen LogP contribution is 2.31. The van der Waals surface area contributed by atoms with Crippen molar-refractivity contribution in [1.29, 1.82) is 0 Å². The standard InChI is InChI=1S/C28H28FN5O4/c29-23-7-3-5-20(17-23)13-14-31-27(36)28(18-22-6-1-2-8-25(22)33-34-30)19-38-26(32-28)21-9-11-24(12-10-21)37-16-4-15-35/h1-3,5-12,17,35H,4,13-16,18-19H2,(H,31,36)/t28-/m1/s1. The van der Waals surface area contributed by atoms with Gasteiger partial charge >= 0.3 is 0 Å². The molecule has 0 radical (unpaired) electrons. The van der Waals surface area contributed by atoms with E-state index >= 15 is 0 Å². The Balaban J connectivity index is 1.56. The monoisotopic (exact) mass is 517 g/mol. The molecule has 0 aromatic heterocycles. The van der Waals surface area contributed by atoms with Crippen LogP contribution in [0.15, 0.2) is 82.9 Å². The molecule has 4 rings (SSSR count). The van der Waals surface area contributed by atoms with Gasteiger partial charge in [-0.05, 0) is 59.5 Å². The summed E-state index contributed by atoms with van der Waals surface area (Å²) in [5.41, 5.74) is 10.2. The fraction of sp³-hybridized carbons (Fsp3) is 0.286. The highest BCUT2D eigenvalue weighted by Gasteiger charge is 2.44. The first-order valence-corrected chi connectivity index (χ1v) is 12.3. The number of azide groups is 1. The van der Waals surface area contributed by atoms with Gasteiger partial charge in [0.1, 0.15) is 18.2 Å². The number of aliphatic hydroxyl groups is 1. The topological polar surface area (TPSA) is 129 Å². The van der Waals surface area contributed by atoms with E-state index in [-0.39, 0.29) is 37.9 Å². The molecule has 38 heavy (non-hydrogen) atoms. The van der Waals surface area contributed by atoms with Crippen molar-refractivity contribution < 1.29 is 23.8 Å². The minimum Gasteiger partial charge on any atom is -0.494 e. The molecule has 1 aliphatic rings. The molecule has 0 aliphatic carbocycles. The number of amides is 1. The van der Waals surface area contributed by atoms with Gasteiger partial charge in [0, 0.05) is 42.2 Å². The molecule has 2 N–H and O–H groups in total. The summed E-state index contributed by atoms with van der Waals surface area (Å²) in [6.45, 7) is 0.731. The van der Waals surface area contributed by atoms with Crippen LogP contribution in [0.4, 0.5) is 10.1 Å². The fourth-order valence-corrected chi connectivity index (χ4v) is 4.13. The molecule has 0 bridgehead atoms. The van der Waals surface area contributed by atoms with E-state index < -0.39 is 5.54 Å². The van der Waals surface area contributed by atoms with Gasteiger partial charge in [0.05, 0.1) is 6.61 Å². The number of halogens is 1. The van der Waals surface area contributed by atoms with Gasteiger partial charge in [0.2, 0.25) is 5.90 Å². The third-order valence-electron chi connectivity index (χ3n) is 6.07. The number of aliphatic hydroxyl groups excluding tert-OH is 1. The van der Waals surface area contributed by atoms with E-state index in [2.05, 4.69) is 15.3 Å². The first-order valence-electron chi connectivity index (χ1n) is 12.3. The number of aliphatic imine (C=N–C) groups is 1. The molecule has 10 heteroatoms. The smallest absolute Gasteiger partial charge is 0.251 e. The van der Waals surface area contributed by atoms with Crippen LogP contribution in [0.1, 0.15) is 23.1 Å². The second kappa shape index (κ2) is 12.7. The maximum atomic E-state index is 13.6. The van der Waals surface area contributed by atoms with E-state index in [0.29, 0.717) is 47.9 Å². The predicted octanol–water partition coefficient (Wildman–Crippen LogP) is 4.65. The molecule has 1 amide bonds. The van der Waals surface area contributed by atoms with Crippen LogP contribution >= 0.6 is 0 Å². The van der Waals surface area contributed by atoms with Crippen LogP contribution in [0.3, 0.4) is 0 Å². The van der Waals surface area contributed by atoms with Crippen LogP contribution in [-0.4, -0.2) is 48.8 Å². The SMILES string of the molecule is [N-]=[N+]=Nc1ccccc1C[C@]1(C(=O)NCCc2cccc(F)c2)COC(c2ccc(OCCCO)cc2)=N1. The number of nitrogens with one attached hydrogen (secondary N) is 1. The van der Waals surface area contributed by atoms with Crippen molar-refractivity contribution in [2.45, 2.75) is 24.8 Å². The van der Waals surface area contributed by atoms with E-state index in [1.54, 1.807) is 60.7 Å². The van der Waals surface area contributed by atoms with Gasteiger partial charge in [0.15, 0.2) is 5.54 Å². The van der Waals surface area contributed by atoms with Crippen molar-refractivity contribution in [3.63, 3.8) is 0 Å². The van der Waals surface area contributed by atoms with Crippen molar-refractivity contribution >= 4 is 17.5 Å². The maximum Gasteiger partial charge on any atom is 0.251 e. The molecule has 1 heterocycles. The Morgan fingerprint density at radius 2 is 2.00 bits per heavy atom. The largest absolute Gasteiger partial charge is 0.494 e. The van der Waals surface area contributed by atoms with E-state index in [4.69, 9.17) is 25.1 Å². The minimum absolute atomic E-state index is 0.00646. The molecule has 1 aliphatic heterocycles. The summed E-state index contributed by atoms with van der Waals surface area (Å²) in [7, 11) is 0. The summed E-state index contributed by atoms with van der Waals surface area (Å²) in [5.74, 6) is 0.283. The van der Waals surface area contributed by atoms with E-state index in [0.717, 1.165) is 5.56 Å². The Labute approximate surface area is 219 Å². The Morgan fingerprint density at radius 3 is 2.76 bits per heavy atom. The zero-order valence-corrected chi connectivity index (χ0v) is 20.7. The molecule has 3 aromatic carbocycles. The lowest BCUT2D eigenvalue weighted by Gasteiger charge is -2.24. The van der Waals surface area contributed by atoms with E-state index in [1.165, 1.54) is 12.1 Å². The van der Waals surface area contributed by atoms with Gasteiger partial charge in [0.25, 0.3) is 5.91 Å². The molecule has 0 fully saturated rings. The second-order valence-electron chi connectivity index (χ2n) is 8.82. The van der Waals surface area contributed by atoms with Crippen LogP contribution in [0.25, 0.3) is 10.4 Å². The van der Waals surface area contributed by atoms with Gasteiger partial charge < -0.3 is 19.9 Å². The van der Waals surface area contributed by atoms with Crippen molar-refractivity contribution in [3.05, 3.63) is 106 Å². The van der Waals surface area contributed by atoms with Gasteiger partial charge in [-0.25, -0.2) is 9.38 Å². The number of benzene rings is 3. The van der Waals surface area contributed by atoms with Crippen molar-refractivity contribution in [2.75, 3.05) is 26.4 Å². The molecule has 0 spiro atoms. The molecular formula is C28H28FN5O4. The number of rotatable bonds is 12. The molecule has 0 saturated carbocycles. The first-order chi connectivity index (χ1) is 18.5. The van der Waals surface area contributed by atoms with Gasteiger partial charge in [-0.15, -0.1) is 0 Å². The summed E-state index contributed by atoms with van der Waals surface area (Å²) in [4.78, 5) is 21.2.